The fourth-order valence-electron chi connectivity index (χ4n) is 3.90. The Balaban J connectivity index is 0.00000432. The van der Waals surface area contributed by atoms with Gasteiger partial charge in [0.05, 0.1) is 25.3 Å². The standard InChI is InChI=1S/C24H27N5O5.ClH/c1-4-34-21(31)14-20(18-8-6-5-7-9-18)28(16(2)30)29-22(32)24(3,27-23(29)33)19-12-10-17(11-13-19)15-26-25;/h5-13,15,20H,4,14,25H2,1-3H3,(H,27,33);1H/t20-,24-;/m1./s1. The van der Waals surface area contributed by atoms with Gasteiger partial charge in [0, 0.05) is 6.92 Å². The van der Waals surface area contributed by atoms with Crippen LogP contribution in [0.15, 0.2) is 59.7 Å². The summed E-state index contributed by atoms with van der Waals surface area (Å²) in [7, 11) is 0. The first-order valence-corrected chi connectivity index (χ1v) is 10.7. The number of hydrogen-bond donors (Lipinski definition) is 2. The van der Waals surface area contributed by atoms with E-state index in [-0.39, 0.29) is 25.4 Å². The van der Waals surface area contributed by atoms with Crippen LogP contribution in [0.25, 0.3) is 0 Å². The minimum Gasteiger partial charge on any atom is -0.466 e. The highest BCUT2D eigenvalue weighted by molar-refractivity contribution is 6.08. The maximum Gasteiger partial charge on any atom is 0.344 e. The molecular weight excluding hydrogens is 474 g/mol. The summed E-state index contributed by atoms with van der Waals surface area (Å²) in [6, 6.07) is 13.7. The fraction of sp³-hybridized carbons (Fsp3) is 0.292. The largest absolute Gasteiger partial charge is 0.466 e. The predicted octanol–water partition coefficient (Wildman–Crippen LogP) is 2.63. The quantitative estimate of drug-likeness (QED) is 0.188. The first-order valence-electron chi connectivity index (χ1n) is 10.7. The summed E-state index contributed by atoms with van der Waals surface area (Å²) in [5, 5.41) is 7.94. The third-order valence-electron chi connectivity index (χ3n) is 5.56. The molecular formula is C24H28ClN5O5. The predicted molar refractivity (Wildman–Crippen MR) is 131 cm³/mol. The maximum absolute atomic E-state index is 13.6. The lowest BCUT2D eigenvalue weighted by atomic mass is 9.91. The number of hydrogen-bond acceptors (Lipinski definition) is 7. The summed E-state index contributed by atoms with van der Waals surface area (Å²) in [5.41, 5.74) is 0.361. The van der Waals surface area contributed by atoms with Gasteiger partial charge in [-0.15, -0.1) is 12.4 Å². The van der Waals surface area contributed by atoms with Crippen molar-refractivity contribution < 1.29 is 23.9 Å². The van der Waals surface area contributed by atoms with E-state index < -0.39 is 35.4 Å². The second kappa shape index (κ2) is 11.5. The van der Waals surface area contributed by atoms with Crippen LogP contribution in [-0.4, -0.2) is 46.7 Å². The average molecular weight is 502 g/mol. The van der Waals surface area contributed by atoms with E-state index in [2.05, 4.69) is 10.4 Å². The Hall–Kier alpha value is -3.92. The van der Waals surface area contributed by atoms with Crippen LogP contribution in [0, 0.1) is 0 Å². The number of hydrazine groups is 1. The molecule has 10 nitrogen and oxygen atoms in total. The summed E-state index contributed by atoms with van der Waals surface area (Å²) in [6.45, 7) is 4.62. The van der Waals surface area contributed by atoms with Crippen LogP contribution in [-0.2, 0) is 24.7 Å². The third-order valence-corrected chi connectivity index (χ3v) is 5.56. The second-order valence-electron chi connectivity index (χ2n) is 7.87. The van der Waals surface area contributed by atoms with Crippen molar-refractivity contribution in [2.75, 3.05) is 6.61 Å². The Morgan fingerprint density at radius 2 is 1.80 bits per heavy atom. The number of amides is 4. The number of imide groups is 1. The van der Waals surface area contributed by atoms with Gasteiger partial charge < -0.3 is 15.9 Å². The third kappa shape index (κ3) is 5.60. The Kier molecular flexibility index (Phi) is 8.96. The smallest absolute Gasteiger partial charge is 0.344 e. The van der Waals surface area contributed by atoms with Gasteiger partial charge in [0.2, 0.25) is 5.91 Å². The van der Waals surface area contributed by atoms with E-state index in [0.717, 1.165) is 10.0 Å². The molecule has 1 saturated heterocycles. The second-order valence-corrected chi connectivity index (χ2v) is 7.87. The van der Waals surface area contributed by atoms with Crippen LogP contribution in [0.4, 0.5) is 4.79 Å². The molecule has 35 heavy (non-hydrogen) atoms. The van der Waals surface area contributed by atoms with Crippen LogP contribution >= 0.6 is 12.4 Å². The van der Waals surface area contributed by atoms with Gasteiger partial charge in [0.15, 0.2) is 0 Å². The Morgan fingerprint density at radius 1 is 1.17 bits per heavy atom. The van der Waals surface area contributed by atoms with Crippen molar-refractivity contribution in [1.29, 1.82) is 0 Å². The highest BCUT2D eigenvalue weighted by Gasteiger charge is 2.53. The number of benzene rings is 2. The van der Waals surface area contributed by atoms with Crippen molar-refractivity contribution in [3.63, 3.8) is 0 Å². The number of nitrogens with zero attached hydrogens (tertiary/aromatic N) is 3. The summed E-state index contributed by atoms with van der Waals surface area (Å²) in [4.78, 5) is 51.9. The van der Waals surface area contributed by atoms with Gasteiger partial charge in [-0.05, 0) is 30.5 Å². The number of ether oxygens (including phenoxy) is 1. The van der Waals surface area contributed by atoms with E-state index in [1.54, 1.807) is 68.4 Å². The van der Waals surface area contributed by atoms with Crippen molar-refractivity contribution in [2.24, 2.45) is 10.9 Å². The normalized spacial score (nSPS) is 18.1. The molecule has 3 N–H and O–H groups in total. The molecule has 3 rings (SSSR count). The Morgan fingerprint density at radius 3 is 2.34 bits per heavy atom. The molecule has 1 aliphatic heterocycles. The SMILES string of the molecule is CCOC(=O)C[C@H](c1ccccc1)N(C(C)=O)N1C(=O)N[C@](C)(c2ccc(C=NN)cc2)C1=O.Cl. The Labute approximate surface area is 209 Å². The Bertz CT molecular complexity index is 1110. The molecule has 1 heterocycles. The van der Waals surface area contributed by atoms with Crippen LogP contribution in [0.2, 0.25) is 0 Å². The minimum atomic E-state index is -1.44. The topological polar surface area (TPSA) is 134 Å². The number of carbonyl (C=O) groups excluding carboxylic acids is 4. The van der Waals surface area contributed by atoms with E-state index in [1.807, 2.05) is 0 Å². The molecule has 0 aliphatic carbocycles. The van der Waals surface area contributed by atoms with E-state index in [0.29, 0.717) is 16.7 Å². The summed E-state index contributed by atoms with van der Waals surface area (Å²) < 4.78 is 5.08. The highest BCUT2D eigenvalue weighted by atomic mass is 35.5. The number of nitrogens with one attached hydrogen (secondary N) is 1. The molecule has 0 spiro atoms. The van der Waals surface area contributed by atoms with E-state index in [1.165, 1.54) is 13.1 Å². The molecule has 1 aliphatic rings. The van der Waals surface area contributed by atoms with Crippen molar-refractivity contribution >= 4 is 42.4 Å². The molecule has 2 aromatic carbocycles. The van der Waals surface area contributed by atoms with E-state index >= 15 is 0 Å². The zero-order valence-electron chi connectivity index (χ0n) is 19.6. The zero-order valence-corrected chi connectivity index (χ0v) is 20.5. The molecule has 2 atom stereocenters. The number of carbonyl (C=O) groups is 4. The molecule has 0 unspecified atom stereocenters. The molecule has 0 saturated carbocycles. The molecule has 4 amide bonds. The van der Waals surface area contributed by atoms with Crippen LogP contribution in [0.3, 0.4) is 0 Å². The van der Waals surface area contributed by atoms with Gasteiger partial charge in [-0.2, -0.15) is 10.1 Å². The van der Waals surface area contributed by atoms with Gasteiger partial charge in [0.25, 0.3) is 5.91 Å². The monoisotopic (exact) mass is 501 g/mol. The lowest BCUT2D eigenvalue weighted by Gasteiger charge is -2.36. The molecule has 0 radical (unpaired) electrons. The lowest BCUT2D eigenvalue weighted by molar-refractivity contribution is -0.163. The van der Waals surface area contributed by atoms with Crippen molar-refractivity contribution in [2.45, 2.75) is 38.8 Å². The number of hydrazone groups is 1. The molecule has 2 aromatic rings. The van der Waals surface area contributed by atoms with Crippen LogP contribution < -0.4 is 11.2 Å². The minimum absolute atomic E-state index is 0. The number of nitrogens with two attached hydrogens (primary N) is 1. The summed E-state index contributed by atoms with van der Waals surface area (Å²) >= 11 is 0. The zero-order chi connectivity index (χ0) is 24.9. The van der Waals surface area contributed by atoms with Gasteiger partial charge >= 0.3 is 12.0 Å². The van der Waals surface area contributed by atoms with E-state index in [9.17, 15) is 19.2 Å². The fourth-order valence-corrected chi connectivity index (χ4v) is 3.90. The highest BCUT2D eigenvalue weighted by Crippen LogP contribution is 2.34. The maximum atomic E-state index is 13.6. The number of halogens is 1. The van der Waals surface area contributed by atoms with Gasteiger partial charge in [-0.25, -0.2) is 9.80 Å². The summed E-state index contributed by atoms with van der Waals surface area (Å²) in [6.07, 6.45) is 1.21. The molecule has 0 aromatic heterocycles. The first-order chi connectivity index (χ1) is 16.2. The number of rotatable bonds is 8. The lowest BCUT2D eigenvalue weighted by Crippen LogP contribution is -2.52. The van der Waals surface area contributed by atoms with Crippen molar-refractivity contribution in [1.82, 2.24) is 15.3 Å². The van der Waals surface area contributed by atoms with Crippen molar-refractivity contribution in [3.05, 3.63) is 71.3 Å². The average Bonchev–Trinajstić information content (AvgIpc) is 3.04. The molecule has 0 bridgehead atoms. The first kappa shape index (κ1) is 27.3. The van der Waals surface area contributed by atoms with Gasteiger partial charge in [0.1, 0.15) is 5.54 Å². The van der Waals surface area contributed by atoms with Crippen LogP contribution in [0.5, 0.6) is 0 Å². The van der Waals surface area contributed by atoms with Gasteiger partial charge in [-0.3, -0.25) is 14.4 Å². The number of urea groups is 1. The van der Waals surface area contributed by atoms with Gasteiger partial charge in [-0.1, -0.05) is 54.6 Å². The number of esters is 1. The molecule has 1 fully saturated rings. The van der Waals surface area contributed by atoms with Crippen molar-refractivity contribution in [3.8, 4) is 0 Å². The molecule has 186 valence electrons. The van der Waals surface area contributed by atoms with Crippen LogP contribution in [0.1, 0.15) is 49.9 Å². The molecule has 11 heteroatoms. The summed E-state index contributed by atoms with van der Waals surface area (Å²) in [5.74, 6) is 3.38. The van der Waals surface area contributed by atoms with E-state index in [4.69, 9.17) is 10.6 Å².